The first kappa shape index (κ1) is 17.3. The second kappa shape index (κ2) is 6.83. The molecule has 0 unspecified atom stereocenters. The Kier molecular flexibility index (Phi) is 5.64. The van der Waals surface area contributed by atoms with Gasteiger partial charge in [-0.1, -0.05) is 26.8 Å². The molecule has 1 rings (SSSR count). The van der Waals surface area contributed by atoms with Crippen LogP contribution in [0.15, 0.2) is 24.3 Å². The second-order valence-corrected chi connectivity index (χ2v) is 7.45. The molecular weight excluding hydrogens is 264 g/mol. The minimum absolute atomic E-state index is 0.305. The summed E-state index contributed by atoms with van der Waals surface area (Å²) < 4.78 is 5.24. The Morgan fingerprint density at radius 1 is 1.10 bits per heavy atom. The lowest BCUT2D eigenvalue weighted by molar-refractivity contribution is 0.0636. The van der Waals surface area contributed by atoms with Crippen molar-refractivity contribution < 1.29 is 9.53 Å². The molecule has 0 saturated heterocycles. The molecule has 0 saturated carbocycles. The van der Waals surface area contributed by atoms with Gasteiger partial charge in [-0.25, -0.2) is 4.79 Å². The van der Waals surface area contributed by atoms with E-state index in [4.69, 9.17) is 4.74 Å². The van der Waals surface area contributed by atoms with Gasteiger partial charge in [0.05, 0.1) is 0 Å². The summed E-state index contributed by atoms with van der Waals surface area (Å²) in [6.07, 6.45) is 0.644. The predicted octanol–water partition coefficient (Wildman–Crippen LogP) is 4.88. The lowest BCUT2D eigenvalue weighted by Gasteiger charge is -2.20. The molecule has 0 aliphatic heterocycles. The van der Waals surface area contributed by atoms with E-state index in [0.717, 1.165) is 24.3 Å². The van der Waals surface area contributed by atoms with Crippen molar-refractivity contribution in [1.82, 2.24) is 0 Å². The molecule has 21 heavy (non-hydrogen) atoms. The van der Waals surface area contributed by atoms with Gasteiger partial charge in [-0.3, -0.25) is 5.32 Å². The Morgan fingerprint density at radius 3 is 2.29 bits per heavy atom. The zero-order chi connectivity index (χ0) is 16.1. The molecule has 0 aromatic heterocycles. The molecule has 2 N–H and O–H groups in total. The van der Waals surface area contributed by atoms with E-state index in [2.05, 4.69) is 31.4 Å². The lowest BCUT2D eigenvalue weighted by atomic mass is 9.92. The molecule has 1 aromatic carbocycles. The zero-order valence-corrected chi connectivity index (χ0v) is 14.0. The highest BCUT2D eigenvalue weighted by Crippen LogP contribution is 2.20. The highest BCUT2D eigenvalue weighted by atomic mass is 16.6. The normalized spacial score (nSPS) is 11.9. The van der Waals surface area contributed by atoms with Gasteiger partial charge in [-0.05, 0) is 50.8 Å². The first-order valence-electron chi connectivity index (χ1n) is 7.39. The summed E-state index contributed by atoms with van der Waals surface area (Å²) in [5, 5.41) is 6.12. The van der Waals surface area contributed by atoms with Crippen LogP contribution in [0.1, 0.15) is 48.0 Å². The van der Waals surface area contributed by atoms with Crippen molar-refractivity contribution in [3.05, 3.63) is 24.3 Å². The van der Waals surface area contributed by atoms with E-state index in [1.807, 2.05) is 45.0 Å². The number of amides is 1. The third-order valence-corrected chi connectivity index (χ3v) is 2.71. The summed E-state index contributed by atoms with van der Waals surface area (Å²) in [6, 6.07) is 7.65. The van der Waals surface area contributed by atoms with Gasteiger partial charge in [0, 0.05) is 17.9 Å². The Morgan fingerprint density at radius 2 is 1.71 bits per heavy atom. The fourth-order valence-electron chi connectivity index (χ4n) is 1.71. The Hall–Kier alpha value is -1.71. The number of carbonyl (C=O) groups excluding carboxylic acids is 1. The fourth-order valence-corrected chi connectivity index (χ4v) is 1.71. The van der Waals surface area contributed by atoms with Gasteiger partial charge in [0.25, 0.3) is 0 Å². The van der Waals surface area contributed by atoms with Crippen LogP contribution in [-0.2, 0) is 4.74 Å². The van der Waals surface area contributed by atoms with Gasteiger partial charge in [0.2, 0.25) is 0 Å². The minimum atomic E-state index is -0.493. The van der Waals surface area contributed by atoms with E-state index in [9.17, 15) is 4.79 Å². The van der Waals surface area contributed by atoms with Crippen molar-refractivity contribution in [3.63, 3.8) is 0 Å². The molecule has 0 aliphatic rings. The van der Waals surface area contributed by atoms with Gasteiger partial charge in [-0.2, -0.15) is 0 Å². The van der Waals surface area contributed by atoms with Gasteiger partial charge in [-0.15, -0.1) is 0 Å². The number of carbonyl (C=O) groups is 1. The number of nitrogens with one attached hydrogen (secondary N) is 2. The molecular formula is C17H28N2O2. The highest BCUT2D eigenvalue weighted by Gasteiger charge is 2.16. The summed E-state index contributed by atoms with van der Waals surface area (Å²) >= 11 is 0. The molecule has 1 amide bonds. The maximum atomic E-state index is 11.7. The third-order valence-electron chi connectivity index (χ3n) is 2.71. The van der Waals surface area contributed by atoms with Gasteiger partial charge >= 0.3 is 6.09 Å². The third kappa shape index (κ3) is 8.23. The highest BCUT2D eigenvalue weighted by molar-refractivity contribution is 5.85. The molecule has 0 spiro atoms. The zero-order valence-electron chi connectivity index (χ0n) is 14.0. The van der Waals surface area contributed by atoms with Crippen LogP contribution in [0, 0.1) is 5.41 Å². The maximum Gasteiger partial charge on any atom is 0.412 e. The SMILES string of the molecule is CC(C)(C)CCNc1cccc(NC(=O)OC(C)(C)C)c1. The van der Waals surface area contributed by atoms with Crippen molar-refractivity contribution in [2.75, 3.05) is 17.2 Å². The molecule has 0 atom stereocenters. The van der Waals surface area contributed by atoms with Crippen LogP contribution in [0.3, 0.4) is 0 Å². The Bertz CT molecular complexity index is 470. The summed E-state index contributed by atoms with van der Waals surface area (Å²) in [4.78, 5) is 11.7. The topological polar surface area (TPSA) is 50.4 Å². The van der Waals surface area contributed by atoms with Gasteiger partial charge in [0.1, 0.15) is 5.60 Å². The van der Waals surface area contributed by atoms with Crippen LogP contribution in [-0.4, -0.2) is 18.2 Å². The van der Waals surface area contributed by atoms with Crippen molar-refractivity contribution in [2.45, 2.75) is 53.6 Å². The molecule has 0 fully saturated rings. The summed E-state index contributed by atoms with van der Waals surface area (Å²) in [7, 11) is 0. The van der Waals surface area contributed by atoms with E-state index in [-0.39, 0.29) is 0 Å². The summed E-state index contributed by atoms with van der Waals surface area (Å²) in [5.74, 6) is 0. The summed E-state index contributed by atoms with van der Waals surface area (Å²) in [5.41, 5.74) is 1.53. The molecule has 118 valence electrons. The van der Waals surface area contributed by atoms with E-state index >= 15 is 0 Å². The van der Waals surface area contributed by atoms with Crippen LogP contribution >= 0.6 is 0 Å². The number of ether oxygens (including phenoxy) is 1. The van der Waals surface area contributed by atoms with Crippen molar-refractivity contribution in [2.24, 2.45) is 5.41 Å². The quantitative estimate of drug-likeness (QED) is 0.831. The minimum Gasteiger partial charge on any atom is -0.444 e. The van der Waals surface area contributed by atoms with E-state index < -0.39 is 11.7 Å². The molecule has 4 nitrogen and oxygen atoms in total. The van der Waals surface area contributed by atoms with Crippen molar-refractivity contribution in [3.8, 4) is 0 Å². The van der Waals surface area contributed by atoms with Crippen LogP contribution in [0.25, 0.3) is 0 Å². The molecule has 0 aliphatic carbocycles. The van der Waals surface area contributed by atoms with E-state index in [0.29, 0.717) is 5.41 Å². The van der Waals surface area contributed by atoms with E-state index in [1.54, 1.807) is 0 Å². The first-order valence-corrected chi connectivity index (χ1v) is 7.39. The first-order chi connectivity index (χ1) is 9.55. The van der Waals surface area contributed by atoms with Gasteiger partial charge < -0.3 is 10.1 Å². The number of rotatable bonds is 4. The molecule has 0 heterocycles. The van der Waals surface area contributed by atoms with Crippen molar-refractivity contribution in [1.29, 1.82) is 0 Å². The lowest BCUT2D eigenvalue weighted by Crippen LogP contribution is -2.27. The van der Waals surface area contributed by atoms with Crippen LogP contribution < -0.4 is 10.6 Å². The Balaban J connectivity index is 2.54. The number of hydrogen-bond acceptors (Lipinski definition) is 3. The van der Waals surface area contributed by atoms with Crippen molar-refractivity contribution >= 4 is 17.5 Å². The smallest absolute Gasteiger partial charge is 0.412 e. The largest absolute Gasteiger partial charge is 0.444 e. The molecule has 4 heteroatoms. The van der Waals surface area contributed by atoms with Crippen LogP contribution in [0.4, 0.5) is 16.2 Å². The summed E-state index contributed by atoms with van der Waals surface area (Å²) in [6.45, 7) is 13.1. The molecule has 0 radical (unpaired) electrons. The van der Waals surface area contributed by atoms with Gasteiger partial charge in [0.15, 0.2) is 0 Å². The molecule has 1 aromatic rings. The molecule has 0 bridgehead atoms. The monoisotopic (exact) mass is 292 g/mol. The van der Waals surface area contributed by atoms with Crippen LogP contribution in [0.2, 0.25) is 0 Å². The van der Waals surface area contributed by atoms with Crippen LogP contribution in [0.5, 0.6) is 0 Å². The average Bonchev–Trinajstić information content (AvgIpc) is 2.24. The maximum absolute atomic E-state index is 11.7. The number of benzene rings is 1. The van der Waals surface area contributed by atoms with E-state index in [1.165, 1.54) is 0 Å². The Labute approximate surface area is 128 Å². The number of anilines is 2. The predicted molar refractivity (Wildman–Crippen MR) is 88.9 cm³/mol. The fraction of sp³-hybridized carbons (Fsp3) is 0.588. The average molecular weight is 292 g/mol. The standard InChI is InChI=1S/C17H28N2O2/c1-16(2,3)10-11-18-13-8-7-9-14(12-13)19-15(20)21-17(4,5)6/h7-9,12,18H,10-11H2,1-6H3,(H,19,20). The number of hydrogen-bond donors (Lipinski definition) is 2. The second-order valence-electron chi connectivity index (χ2n) is 7.45.